The minimum absolute atomic E-state index is 0.173. The third-order valence-corrected chi connectivity index (χ3v) is 5.04. The maximum Gasteiger partial charge on any atom is 0.251 e. The van der Waals surface area contributed by atoms with Crippen LogP contribution >= 0.6 is 0 Å². The fraction of sp³-hybridized carbons (Fsp3) is 0.200. The van der Waals surface area contributed by atoms with Crippen LogP contribution in [0.5, 0.6) is 17.2 Å². The number of hydrogen-bond acceptors (Lipinski definition) is 7. The molecule has 1 atom stereocenters. The van der Waals surface area contributed by atoms with E-state index in [2.05, 4.69) is 9.97 Å². The number of sulfone groups is 1. The van der Waals surface area contributed by atoms with Gasteiger partial charge in [0, 0.05) is 30.1 Å². The minimum Gasteiger partial charge on any atom is -0.488 e. The third-order valence-electron chi connectivity index (χ3n) is 3.91. The van der Waals surface area contributed by atoms with E-state index in [1.54, 1.807) is 37.3 Å². The summed E-state index contributed by atoms with van der Waals surface area (Å²) < 4.78 is 34.7. The standard InChI is InChI=1S/C20H20N2O6S/c1-13(12-23)27-16-9-14(20-21-8-7-19(24)22-20)10-17(11-16)28-15-3-5-18(6-4-15)29(2,25)26/h3-11,13,23H,12H2,1-2H3,(H,21,22,24)/t13-/m0/s1. The lowest BCUT2D eigenvalue weighted by Crippen LogP contribution is -2.16. The highest BCUT2D eigenvalue weighted by molar-refractivity contribution is 7.90. The highest BCUT2D eigenvalue weighted by atomic mass is 32.2. The summed E-state index contributed by atoms with van der Waals surface area (Å²) in [7, 11) is -3.30. The monoisotopic (exact) mass is 416 g/mol. The second kappa shape index (κ2) is 8.46. The molecular formula is C20H20N2O6S. The lowest BCUT2D eigenvalue weighted by molar-refractivity contribution is 0.129. The van der Waals surface area contributed by atoms with E-state index in [9.17, 15) is 18.3 Å². The number of nitrogens with zero attached hydrogens (tertiary/aromatic N) is 1. The van der Waals surface area contributed by atoms with Gasteiger partial charge in [-0.05, 0) is 43.3 Å². The number of aliphatic hydroxyl groups excluding tert-OH is 1. The van der Waals surface area contributed by atoms with E-state index in [0.29, 0.717) is 28.6 Å². The highest BCUT2D eigenvalue weighted by Gasteiger charge is 2.11. The largest absolute Gasteiger partial charge is 0.488 e. The van der Waals surface area contributed by atoms with Crippen molar-refractivity contribution in [3.8, 4) is 28.6 Å². The summed E-state index contributed by atoms with van der Waals surface area (Å²) in [5.74, 6) is 1.56. The van der Waals surface area contributed by atoms with Crippen molar-refractivity contribution in [3.05, 3.63) is 65.1 Å². The SMILES string of the molecule is C[C@@H](CO)Oc1cc(Oc2ccc(S(C)(=O)=O)cc2)cc(-c2nccc(=O)[nH]2)c1. The van der Waals surface area contributed by atoms with Gasteiger partial charge >= 0.3 is 0 Å². The Morgan fingerprint density at radius 3 is 2.38 bits per heavy atom. The molecule has 9 heteroatoms. The first-order chi connectivity index (χ1) is 13.7. The van der Waals surface area contributed by atoms with Crippen LogP contribution in [0.3, 0.4) is 0 Å². The van der Waals surface area contributed by atoms with Crippen LogP contribution in [-0.2, 0) is 9.84 Å². The predicted molar refractivity (Wildman–Crippen MR) is 107 cm³/mol. The number of aromatic nitrogens is 2. The Kier molecular flexibility index (Phi) is 6.00. The average Bonchev–Trinajstić information content (AvgIpc) is 2.67. The van der Waals surface area contributed by atoms with Gasteiger partial charge in [-0.15, -0.1) is 0 Å². The molecule has 0 aliphatic heterocycles. The first-order valence-corrected chi connectivity index (χ1v) is 10.6. The summed E-state index contributed by atoms with van der Waals surface area (Å²) in [6, 6.07) is 12.3. The lowest BCUT2D eigenvalue weighted by atomic mass is 10.2. The predicted octanol–water partition coefficient (Wildman–Crippen LogP) is 2.39. The van der Waals surface area contributed by atoms with Gasteiger partial charge in [-0.25, -0.2) is 13.4 Å². The molecule has 0 fully saturated rings. The number of ether oxygens (including phenoxy) is 2. The van der Waals surface area contributed by atoms with Crippen molar-refractivity contribution < 1.29 is 23.0 Å². The minimum atomic E-state index is -3.30. The Hall–Kier alpha value is -3.17. The van der Waals surface area contributed by atoms with Crippen molar-refractivity contribution in [1.82, 2.24) is 9.97 Å². The number of aromatic amines is 1. The molecular weight excluding hydrogens is 396 g/mol. The summed E-state index contributed by atoms with van der Waals surface area (Å²) in [4.78, 5) is 18.6. The van der Waals surface area contributed by atoms with Crippen LogP contribution in [0.15, 0.2) is 64.4 Å². The fourth-order valence-electron chi connectivity index (χ4n) is 2.51. The Morgan fingerprint density at radius 2 is 1.76 bits per heavy atom. The maximum absolute atomic E-state index is 11.6. The Labute approximate surface area is 167 Å². The molecule has 8 nitrogen and oxygen atoms in total. The molecule has 0 unspecified atom stereocenters. The first kappa shape index (κ1) is 20.6. The third kappa shape index (κ3) is 5.43. The first-order valence-electron chi connectivity index (χ1n) is 8.71. The van der Waals surface area contributed by atoms with E-state index in [1.807, 2.05) is 0 Å². The van der Waals surface area contributed by atoms with Crippen molar-refractivity contribution in [2.24, 2.45) is 0 Å². The van der Waals surface area contributed by atoms with Gasteiger partial charge in [-0.1, -0.05) is 0 Å². The van der Waals surface area contributed by atoms with Crippen molar-refractivity contribution in [2.75, 3.05) is 12.9 Å². The molecule has 152 valence electrons. The van der Waals surface area contributed by atoms with Gasteiger partial charge in [0.15, 0.2) is 9.84 Å². The highest BCUT2D eigenvalue weighted by Crippen LogP contribution is 2.31. The van der Waals surface area contributed by atoms with E-state index in [0.717, 1.165) is 6.26 Å². The van der Waals surface area contributed by atoms with E-state index in [-0.39, 0.29) is 17.1 Å². The smallest absolute Gasteiger partial charge is 0.251 e. The topological polar surface area (TPSA) is 119 Å². The second-order valence-corrected chi connectivity index (χ2v) is 8.45. The maximum atomic E-state index is 11.6. The molecule has 0 amide bonds. The Bertz CT molecular complexity index is 1160. The van der Waals surface area contributed by atoms with Crippen LogP contribution in [0.1, 0.15) is 6.92 Å². The van der Waals surface area contributed by atoms with Gasteiger partial charge in [-0.3, -0.25) is 4.79 Å². The molecule has 0 saturated heterocycles. The molecule has 0 spiro atoms. The summed E-state index contributed by atoms with van der Waals surface area (Å²) >= 11 is 0. The van der Waals surface area contributed by atoms with Crippen molar-refractivity contribution >= 4 is 9.84 Å². The van der Waals surface area contributed by atoms with Crippen molar-refractivity contribution in [3.63, 3.8) is 0 Å². The number of benzene rings is 2. The van der Waals surface area contributed by atoms with E-state index < -0.39 is 15.9 Å². The average molecular weight is 416 g/mol. The zero-order chi connectivity index (χ0) is 21.0. The van der Waals surface area contributed by atoms with Crippen LogP contribution in [0.2, 0.25) is 0 Å². The summed E-state index contributed by atoms with van der Waals surface area (Å²) in [6.07, 6.45) is 2.07. The van der Waals surface area contributed by atoms with Crippen LogP contribution < -0.4 is 15.0 Å². The van der Waals surface area contributed by atoms with Gasteiger partial charge in [0.2, 0.25) is 0 Å². The lowest BCUT2D eigenvalue weighted by Gasteiger charge is -2.15. The van der Waals surface area contributed by atoms with Gasteiger partial charge in [-0.2, -0.15) is 0 Å². The molecule has 0 saturated carbocycles. The molecule has 3 aromatic rings. The Balaban J connectivity index is 1.97. The van der Waals surface area contributed by atoms with Crippen LogP contribution in [0.25, 0.3) is 11.4 Å². The van der Waals surface area contributed by atoms with Crippen molar-refractivity contribution in [2.45, 2.75) is 17.9 Å². The second-order valence-electron chi connectivity index (χ2n) is 6.43. The number of aliphatic hydroxyl groups is 1. The quantitative estimate of drug-likeness (QED) is 0.607. The molecule has 0 bridgehead atoms. The number of H-pyrrole nitrogens is 1. The van der Waals surface area contributed by atoms with Crippen LogP contribution in [0.4, 0.5) is 0 Å². The normalized spacial score (nSPS) is 12.4. The molecule has 29 heavy (non-hydrogen) atoms. The summed E-state index contributed by atoms with van der Waals surface area (Å²) in [5, 5.41) is 9.25. The van der Waals surface area contributed by atoms with Gasteiger partial charge in [0.25, 0.3) is 5.56 Å². The summed E-state index contributed by atoms with van der Waals surface area (Å²) in [6.45, 7) is 1.54. The number of rotatable bonds is 7. The molecule has 0 radical (unpaired) electrons. The molecule has 2 aromatic carbocycles. The zero-order valence-corrected chi connectivity index (χ0v) is 16.6. The molecule has 3 rings (SSSR count). The van der Waals surface area contributed by atoms with E-state index in [4.69, 9.17) is 9.47 Å². The van der Waals surface area contributed by atoms with Crippen molar-refractivity contribution in [1.29, 1.82) is 0 Å². The van der Waals surface area contributed by atoms with Crippen LogP contribution in [-0.4, -0.2) is 42.5 Å². The van der Waals surface area contributed by atoms with E-state index in [1.165, 1.54) is 24.4 Å². The Morgan fingerprint density at radius 1 is 1.07 bits per heavy atom. The number of hydrogen-bond donors (Lipinski definition) is 2. The van der Waals surface area contributed by atoms with Gasteiger partial charge in [0.05, 0.1) is 11.5 Å². The molecule has 1 aromatic heterocycles. The van der Waals surface area contributed by atoms with Crippen LogP contribution in [0, 0.1) is 0 Å². The molecule has 2 N–H and O–H groups in total. The molecule has 0 aliphatic rings. The molecule has 0 aliphatic carbocycles. The van der Waals surface area contributed by atoms with E-state index >= 15 is 0 Å². The number of nitrogens with one attached hydrogen (secondary N) is 1. The fourth-order valence-corrected chi connectivity index (χ4v) is 3.14. The van der Waals surface area contributed by atoms with Gasteiger partial charge < -0.3 is 19.6 Å². The zero-order valence-electron chi connectivity index (χ0n) is 15.8. The summed E-state index contributed by atoms with van der Waals surface area (Å²) in [5.41, 5.74) is 0.247. The molecule has 1 heterocycles. The van der Waals surface area contributed by atoms with Gasteiger partial charge in [0.1, 0.15) is 29.2 Å².